The number of aromatic nitrogens is 1. The molecule has 1 aliphatic rings. The van der Waals surface area contributed by atoms with E-state index in [2.05, 4.69) is 9.72 Å². The molecular formula is C17H21F3N2O4. The fourth-order valence-electron chi connectivity index (χ4n) is 2.97. The van der Waals surface area contributed by atoms with Crippen molar-refractivity contribution in [2.75, 3.05) is 20.3 Å². The monoisotopic (exact) mass is 374 g/mol. The second kappa shape index (κ2) is 7.92. The Hall–Kier alpha value is -2.32. The molecule has 1 saturated heterocycles. The van der Waals surface area contributed by atoms with Gasteiger partial charge in [0.2, 0.25) is 0 Å². The molecule has 9 heteroatoms. The summed E-state index contributed by atoms with van der Waals surface area (Å²) in [5.41, 5.74) is 1.33. The number of esters is 1. The molecule has 1 aromatic rings. The lowest BCUT2D eigenvalue weighted by Crippen LogP contribution is -2.45. The summed E-state index contributed by atoms with van der Waals surface area (Å²) in [4.78, 5) is 29.7. The van der Waals surface area contributed by atoms with E-state index in [1.54, 1.807) is 19.2 Å². The van der Waals surface area contributed by atoms with Gasteiger partial charge in [-0.3, -0.25) is 9.78 Å². The maximum atomic E-state index is 12.4. The van der Waals surface area contributed by atoms with Gasteiger partial charge in [-0.25, -0.2) is 4.79 Å². The molecule has 0 bridgehead atoms. The summed E-state index contributed by atoms with van der Waals surface area (Å²) in [6.07, 6.45) is -1.73. The molecule has 0 radical (unpaired) electrons. The van der Waals surface area contributed by atoms with E-state index in [9.17, 15) is 22.8 Å². The molecule has 2 heterocycles. The van der Waals surface area contributed by atoms with Gasteiger partial charge in [-0.1, -0.05) is 6.92 Å². The second-order valence-electron chi connectivity index (χ2n) is 6.40. The molecule has 2 atom stereocenters. The van der Waals surface area contributed by atoms with Gasteiger partial charge in [0, 0.05) is 12.7 Å². The SMILES string of the molecule is COc1cc(C2CCC(C)CN2C(=O)C(=O)OCC(F)(F)F)cnc1C. The van der Waals surface area contributed by atoms with Crippen LogP contribution in [0.15, 0.2) is 12.3 Å². The average molecular weight is 374 g/mol. The smallest absolute Gasteiger partial charge is 0.422 e. The van der Waals surface area contributed by atoms with Gasteiger partial charge in [0.05, 0.1) is 18.8 Å². The third kappa shape index (κ3) is 4.86. The summed E-state index contributed by atoms with van der Waals surface area (Å²) >= 11 is 0. The summed E-state index contributed by atoms with van der Waals surface area (Å²) in [6, 6.07) is 1.25. The number of piperidine rings is 1. The Balaban J connectivity index is 2.22. The van der Waals surface area contributed by atoms with Gasteiger partial charge in [-0.05, 0) is 37.3 Å². The Morgan fingerprint density at radius 1 is 1.35 bits per heavy atom. The van der Waals surface area contributed by atoms with Crippen LogP contribution in [0.2, 0.25) is 0 Å². The lowest BCUT2D eigenvalue weighted by atomic mass is 9.90. The first-order chi connectivity index (χ1) is 12.1. The number of likely N-dealkylation sites (tertiary alicyclic amines) is 1. The third-order valence-electron chi connectivity index (χ3n) is 4.29. The van der Waals surface area contributed by atoms with Crippen molar-refractivity contribution in [1.29, 1.82) is 0 Å². The van der Waals surface area contributed by atoms with Crippen molar-refractivity contribution in [3.05, 3.63) is 23.5 Å². The largest absolute Gasteiger partial charge is 0.495 e. The minimum atomic E-state index is -4.68. The summed E-state index contributed by atoms with van der Waals surface area (Å²) < 4.78 is 46.0. The number of halogens is 3. The number of carbonyl (C=O) groups is 2. The van der Waals surface area contributed by atoms with Gasteiger partial charge < -0.3 is 14.4 Å². The van der Waals surface area contributed by atoms with Crippen LogP contribution in [0.3, 0.4) is 0 Å². The predicted molar refractivity (Wildman–Crippen MR) is 85.4 cm³/mol. The van der Waals surface area contributed by atoms with E-state index in [-0.39, 0.29) is 12.5 Å². The van der Waals surface area contributed by atoms with Crippen LogP contribution in [0.25, 0.3) is 0 Å². The molecule has 6 nitrogen and oxygen atoms in total. The number of hydrogen-bond donors (Lipinski definition) is 0. The number of nitrogens with zero attached hydrogens (tertiary/aromatic N) is 2. The Kier molecular flexibility index (Phi) is 6.09. The van der Waals surface area contributed by atoms with E-state index < -0.39 is 30.7 Å². The van der Waals surface area contributed by atoms with Crippen molar-refractivity contribution in [1.82, 2.24) is 9.88 Å². The maximum Gasteiger partial charge on any atom is 0.422 e. The van der Waals surface area contributed by atoms with Crippen LogP contribution in [0.5, 0.6) is 5.75 Å². The number of methoxy groups -OCH3 is 1. The molecule has 2 rings (SSSR count). The Labute approximate surface area is 149 Å². The molecule has 0 saturated carbocycles. The van der Waals surface area contributed by atoms with Gasteiger partial charge >= 0.3 is 18.1 Å². The molecule has 1 aliphatic heterocycles. The van der Waals surface area contributed by atoms with Crippen molar-refractivity contribution in [3.8, 4) is 5.75 Å². The van der Waals surface area contributed by atoms with Crippen molar-refractivity contribution in [2.45, 2.75) is 38.9 Å². The molecule has 0 aliphatic carbocycles. The van der Waals surface area contributed by atoms with Crippen LogP contribution in [0.1, 0.15) is 37.1 Å². The van der Waals surface area contributed by atoms with Crippen LogP contribution in [0.4, 0.5) is 13.2 Å². The Morgan fingerprint density at radius 2 is 2.04 bits per heavy atom. The zero-order valence-corrected chi connectivity index (χ0v) is 14.8. The minimum Gasteiger partial charge on any atom is -0.495 e. The summed E-state index contributed by atoms with van der Waals surface area (Å²) in [5.74, 6) is -1.93. The van der Waals surface area contributed by atoms with Crippen LogP contribution in [-0.4, -0.2) is 48.2 Å². The van der Waals surface area contributed by atoms with E-state index in [1.165, 1.54) is 12.0 Å². The van der Waals surface area contributed by atoms with Crippen molar-refractivity contribution in [2.24, 2.45) is 5.92 Å². The zero-order chi connectivity index (χ0) is 19.5. The number of hydrogen-bond acceptors (Lipinski definition) is 5. The van der Waals surface area contributed by atoms with E-state index in [4.69, 9.17) is 4.74 Å². The highest BCUT2D eigenvalue weighted by atomic mass is 19.4. The summed E-state index contributed by atoms with van der Waals surface area (Å²) in [6.45, 7) is 2.14. The topological polar surface area (TPSA) is 68.7 Å². The molecule has 0 spiro atoms. The first-order valence-corrected chi connectivity index (χ1v) is 8.17. The number of ether oxygens (including phenoxy) is 2. The molecular weight excluding hydrogens is 353 g/mol. The molecule has 1 aromatic heterocycles. The van der Waals surface area contributed by atoms with Crippen LogP contribution in [-0.2, 0) is 14.3 Å². The quantitative estimate of drug-likeness (QED) is 0.601. The van der Waals surface area contributed by atoms with Crippen LogP contribution >= 0.6 is 0 Å². The third-order valence-corrected chi connectivity index (χ3v) is 4.29. The van der Waals surface area contributed by atoms with Crippen molar-refractivity contribution < 1.29 is 32.2 Å². The van der Waals surface area contributed by atoms with Gasteiger partial charge in [-0.2, -0.15) is 13.2 Å². The molecule has 26 heavy (non-hydrogen) atoms. The van der Waals surface area contributed by atoms with Crippen LogP contribution in [0, 0.1) is 12.8 Å². The normalized spacial score (nSPS) is 20.6. The average Bonchev–Trinajstić information content (AvgIpc) is 2.59. The lowest BCUT2D eigenvalue weighted by molar-refractivity contribution is -0.190. The number of rotatable bonds is 3. The summed E-state index contributed by atoms with van der Waals surface area (Å²) in [5, 5.41) is 0. The van der Waals surface area contributed by atoms with E-state index in [0.29, 0.717) is 23.4 Å². The summed E-state index contributed by atoms with van der Waals surface area (Å²) in [7, 11) is 1.49. The van der Waals surface area contributed by atoms with E-state index in [0.717, 1.165) is 6.42 Å². The molecule has 0 N–H and O–H groups in total. The fraction of sp³-hybridized carbons (Fsp3) is 0.588. The fourth-order valence-corrected chi connectivity index (χ4v) is 2.97. The van der Waals surface area contributed by atoms with Gasteiger partial charge in [0.15, 0.2) is 6.61 Å². The number of carbonyl (C=O) groups excluding carboxylic acids is 2. The first-order valence-electron chi connectivity index (χ1n) is 8.17. The standard InChI is InChI=1S/C17H21F3N2O4/c1-10-4-5-13(12-6-14(25-3)11(2)21-7-12)22(8-10)15(23)16(24)26-9-17(18,19)20/h6-7,10,13H,4-5,8-9H2,1-3H3. The Morgan fingerprint density at radius 3 is 2.65 bits per heavy atom. The highest BCUT2D eigenvalue weighted by Crippen LogP contribution is 2.35. The Bertz CT molecular complexity index is 678. The number of alkyl halides is 3. The van der Waals surface area contributed by atoms with E-state index in [1.807, 2.05) is 6.92 Å². The van der Waals surface area contributed by atoms with Crippen molar-refractivity contribution >= 4 is 11.9 Å². The lowest BCUT2D eigenvalue weighted by Gasteiger charge is -2.38. The number of amides is 1. The van der Waals surface area contributed by atoms with Gasteiger partial charge in [0.1, 0.15) is 5.75 Å². The highest BCUT2D eigenvalue weighted by molar-refractivity contribution is 6.32. The molecule has 1 fully saturated rings. The number of pyridine rings is 1. The van der Waals surface area contributed by atoms with Crippen molar-refractivity contribution in [3.63, 3.8) is 0 Å². The molecule has 2 unspecified atom stereocenters. The molecule has 1 amide bonds. The number of aryl methyl sites for hydroxylation is 1. The minimum absolute atomic E-state index is 0.117. The highest BCUT2D eigenvalue weighted by Gasteiger charge is 2.37. The zero-order valence-electron chi connectivity index (χ0n) is 14.8. The van der Waals surface area contributed by atoms with Crippen LogP contribution < -0.4 is 4.74 Å². The predicted octanol–water partition coefficient (Wildman–Crippen LogP) is 2.80. The van der Waals surface area contributed by atoms with Gasteiger partial charge in [-0.15, -0.1) is 0 Å². The van der Waals surface area contributed by atoms with Gasteiger partial charge in [0.25, 0.3) is 0 Å². The first kappa shape index (κ1) is 20.0. The second-order valence-corrected chi connectivity index (χ2v) is 6.40. The molecule has 0 aromatic carbocycles. The molecule has 144 valence electrons. The van der Waals surface area contributed by atoms with E-state index >= 15 is 0 Å². The maximum absolute atomic E-state index is 12.4.